The predicted molar refractivity (Wildman–Crippen MR) is 131 cm³/mol. The average molecular weight is 527 g/mol. The Balaban J connectivity index is 0.00000300. The number of hydrogen-bond donors (Lipinski definition) is 1. The summed E-state index contributed by atoms with van der Waals surface area (Å²) in [7, 11) is -1.33. The lowest BCUT2D eigenvalue weighted by Gasteiger charge is -2.39. The first-order valence-electron chi connectivity index (χ1n) is 9.62. The molecule has 0 bridgehead atoms. The second-order valence-corrected chi connectivity index (χ2v) is 10.5. The van der Waals surface area contributed by atoms with E-state index in [1.165, 1.54) is 11.1 Å². The SMILES string of the molecule is CN=C(NCC(c1ccccc1)c1ccccc1)N1CCS(=O)(=O)C(C)(C)C1.I. The highest BCUT2D eigenvalue weighted by Crippen LogP contribution is 2.25. The summed E-state index contributed by atoms with van der Waals surface area (Å²) in [4.78, 5) is 6.47. The number of halogens is 1. The van der Waals surface area contributed by atoms with E-state index in [0.29, 0.717) is 19.6 Å². The maximum Gasteiger partial charge on any atom is 0.193 e. The maximum atomic E-state index is 12.3. The highest BCUT2D eigenvalue weighted by Gasteiger charge is 2.41. The smallest absolute Gasteiger partial charge is 0.193 e. The van der Waals surface area contributed by atoms with Crippen LogP contribution in [0.2, 0.25) is 0 Å². The molecule has 0 aliphatic carbocycles. The van der Waals surface area contributed by atoms with E-state index in [1.54, 1.807) is 20.9 Å². The summed E-state index contributed by atoms with van der Waals surface area (Å²) in [6.45, 7) is 5.17. The van der Waals surface area contributed by atoms with Crippen LogP contribution in [0.4, 0.5) is 0 Å². The van der Waals surface area contributed by atoms with Crippen molar-refractivity contribution in [3.63, 3.8) is 0 Å². The molecule has 0 saturated carbocycles. The molecule has 0 radical (unpaired) electrons. The Bertz CT molecular complexity index is 876. The van der Waals surface area contributed by atoms with E-state index >= 15 is 0 Å². The first-order chi connectivity index (χ1) is 13.3. The fourth-order valence-electron chi connectivity index (χ4n) is 3.65. The third-order valence-electron chi connectivity index (χ3n) is 5.42. The fourth-order valence-corrected chi connectivity index (χ4v) is 5.01. The zero-order chi connectivity index (χ0) is 20.2. The maximum absolute atomic E-state index is 12.3. The van der Waals surface area contributed by atoms with Crippen molar-refractivity contribution in [1.82, 2.24) is 10.2 Å². The second kappa shape index (κ2) is 9.93. The third-order valence-corrected chi connectivity index (χ3v) is 7.96. The van der Waals surface area contributed by atoms with Crippen LogP contribution >= 0.6 is 24.0 Å². The number of benzene rings is 2. The zero-order valence-corrected chi connectivity index (χ0v) is 20.4. The van der Waals surface area contributed by atoms with Crippen LogP contribution in [0.15, 0.2) is 65.7 Å². The van der Waals surface area contributed by atoms with Crippen molar-refractivity contribution >= 4 is 39.8 Å². The first kappa shape index (κ1) is 23.7. The fraction of sp³-hybridized carbons (Fsp3) is 0.409. The predicted octanol–water partition coefficient (Wildman–Crippen LogP) is 3.52. The van der Waals surface area contributed by atoms with Crippen molar-refractivity contribution in [3.8, 4) is 0 Å². The summed E-state index contributed by atoms with van der Waals surface area (Å²) in [6.07, 6.45) is 0. The monoisotopic (exact) mass is 527 g/mol. The molecule has 0 unspecified atom stereocenters. The Morgan fingerprint density at radius 2 is 1.59 bits per heavy atom. The van der Waals surface area contributed by atoms with Gasteiger partial charge in [-0.2, -0.15) is 0 Å². The van der Waals surface area contributed by atoms with Gasteiger partial charge in [-0.3, -0.25) is 4.99 Å². The zero-order valence-electron chi connectivity index (χ0n) is 17.2. The number of guanidine groups is 1. The van der Waals surface area contributed by atoms with E-state index in [-0.39, 0.29) is 35.6 Å². The standard InChI is InChI=1S/C22H29N3O2S.HI/c1-22(2)17-25(14-15-28(22,26)27)21(23-3)24-16-20(18-10-6-4-7-11-18)19-12-8-5-9-13-19;/h4-13,20H,14-17H2,1-3H3,(H,23,24);1H. The van der Waals surface area contributed by atoms with Gasteiger partial charge in [-0.25, -0.2) is 8.42 Å². The molecule has 3 rings (SSSR count). The Morgan fingerprint density at radius 3 is 2.03 bits per heavy atom. The van der Waals surface area contributed by atoms with E-state index < -0.39 is 14.6 Å². The lowest BCUT2D eigenvalue weighted by atomic mass is 9.91. The molecule has 7 heteroatoms. The minimum absolute atomic E-state index is 0. The quantitative estimate of drug-likeness (QED) is 0.376. The molecule has 29 heavy (non-hydrogen) atoms. The summed E-state index contributed by atoms with van der Waals surface area (Å²) < 4.78 is 23.8. The second-order valence-electron chi connectivity index (χ2n) is 7.80. The molecule has 1 aliphatic heterocycles. The summed E-state index contributed by atoms with van der Waals surface area (Å²) in [6, 6.07) is 20.8. The minimum Gasteiger partial charge on any atom is -0.355 e. The topological polar surface area (TPSA) is 61.8 Å². The van der Waals surface area contributed by atoms with Gasteiger partial charge in [-0.05, 0) is 25.0 Å². The van der Waals surface area contributed by atoms with Crippen molar-refractivity contribution in [1.29, 1.82) is 0 Å². The summed E-state index contributed by atoms with van der Waals surface area (Å²) in [5.41, 5.74) is 2.47. The lowest BCUT2D eigenvalue weighted by Crippen LogP contribution is -2.57. The van der Waals surface area contributed by atoms with Gasteiger partial charge in [0, 0.05) is 32.6 Å². The lowest BCUT2D eigenvalue weighted by molar-refractivity contribution is 0.353. The van der Waals surface area contributed by atoms with Gasteiger partial charge in [0.05, 0.1) is 10.5 Å². The summed E-state index contributed by atoms with van der Waals surface area (Å²) >= 11 is 0. The molecule has 0 amide bonds. The molecule has 1 N–H and O–H groups in total. The summed E-state index contributed by atoms with van der Waals surface area (Å²) in [5, 5.41) is 3.48. The molecule has 0 atom stereocenters. The Kier molecular flexibility index (Phi) is 8.10. The molecule has 1 heterocycles. The van der Waals surface area contributed by atoms with Gasteiger partial charge in [0.25, 0.3) is 0 Å². The molecular formula is C22H30IN3O2S. The highest BCUT2D eigenvalue weighted by molar-refractivity contribution is 14.0. The van der Waals surface area contributed by atoms with Crippen LogP contribution < -0.4 is 5.32 Å². The molecule has 158 valence electrons. The number of nitrogens with one attached hydrogen (secondary N) is 1. The molecule has 1 fully saturated rings. The minimum atomic E-state index is -3.08. The van der Waals surface area contributed by atoms with Gasteiger partial charge >= 0.3 is 0 Å². The molecule has 0 aromatic heterocycles. The highest BCUT2D eigenvalue weighted by atomic mass is 127. The van der Waals surface area contributed by atoms with Gasteiger partial charge in [-0.1, -0.05) is 60.7 Å². The Labute approximate surface area is 191 Å². The molecule has 5 nitrogen and oxygen atoms in total. The number of rotatable bonds is 4. The Morgan fingerprint density at radius 1 is 1.07 bits per heavy atom. The first-order valence-corrected chi connectivity index (χ1v) is 11.3. The van der Waals surface area contributed by atoms with Crippen molar-refractivity contribution in [2.24, 2.45) is 4.99 Å². The average Bonchev–Trinajstić information content (AvgIpc) is 2.69. The van der Waals surface area contributed by atoms with Gasteiger partial charge in [0.2, 0.25) is 0 Å². The van der Waals surface area contributed by atoms with E-state index in [0.717, 1.165) is 5.96 Å². The van der Waals surface area contributed by atoms with E-state index in [4.69, 9.17) is 0 Å². The van der Waals surface area contributed by atoms with Crippen molar-refractivity contribution in [2.45, 2.75) is 24.5 Å². The van der Waals surface area contributed by atoms with Crippen molar-refractivity contribution in [2.75, 3.05) is 32.4 Å². The number of aliphatic imine (C=N–C) groups is 1. The number of sulfone groups is 1. The van der Waals surface area contributed by atoms with Gasteiger partial charge < -0.3 is 10.2 Å². The van der Waals surface area contributed by atoms with Crippen LogP contribution in [0.1, 0.15) is 30.9 Å². The van der Waals surface area contributed by atoms with Gasteiger partial charge in [-0.15, -0.1) is 24.0 Å². The molecule has 2 aromatic carbocycles. The van der Waals surface area contributed by atoms with Crippen LogP contribution in [-0.2, 0) is 9.84 Å². The van der Waals surface area contributed by atoms with Crippen LogP contribution in [0, 0.1) is 0 Å². The third kappa shape index (κ3) is 5.51. The van der Waals surface area contributed by atoms with E-state index in [2.05, 4.69) is 58.8 Å². The van der Waals surface area contributed by atoms with Crippen LogP contribution in [0.25, 0.3) is 0 Å². The number of nitrogens with zero attached hydrogens (tertiary/aromatic N) is 2. The van der Waals surface area contributed by atoms with Crippen molar-refractivity contribution in [3.05, 3.63) is 71.8 Å². The molecule has 1 aliphatic rings. The molecular weight excluding hydrogens is 497 g/mol. The van der Waals surface area contributed by atoms with E-state index in [1.807, 2.05) is 17.0 Å². The van der Waals surface area contributed by atoms with Gasteiger partial charge in [0.15, 0.2) is 15.8 Å². The van der Waals surface area contributed by atoms with Gasteiger partial charge in [0.1, 0.15) is 0 Å². The Hall–Kier alpha value is -1.61. The summed E-state index contributed by atoms with van der Waals surface area (Å²) in [5.74, 6) is 1.09. The van der Waals surface area contributed by atoms with E-state index in [9.17, 15) is 8.42 Å². The largest absolute Gasteiger partial charge is 0.355 e. The molecule has 2 aromatic rings. The van der Waals surface area contributed by atoms with Crippen molar-refractivity contribution < 1.29 is 8.42 Å². The molecule has 1 saturated heterocycles. The number of hydrogen-bond acceptors (Lipinski definition) is 3. The van der Waals surface area contributed by atoms with Crippen LogP contribution in [0.5, 0.6) is 0 Å². The van der Waals surface area contributed by atoms with Crippen LogP contribution in [-0.4, -0.2) is 56.5 Å². The van der Waals surface area contributed by atoms with Crippen LogP contribution in [0.3, 0.4) is 0 Å². The molecule has 0 spiro atoms. The normalized spacial score (nSPS) is 18.2.